The van der Waals surface area contributed by atoms with Crippen molar-refractivity contribution in [3.63, 3.8) is 0 Å². The number of benzene rings is 2. The van der Waals surface area contributed by atoms with Gasteiger partial charge in [-0.2, -0.15) is 0 Å². The van der Waals surface area contributed by atoms with E-state index in [9.17, 15) is 14.4 Å². The van der Waals surface area contributed by atoms with Crippen molar-refractivity contribution in [2.45, 2.75) is 71.4 Å². The molecule has 0 aliphatic carbocycles. The van der Waals surface area contributed by atoms with Crippen LogP contribution in [0.4, 0.5) is 15.3 Å². The molecule has 1 aromatic heterocycles. The van der Waals surface area contributed by atoms with Crippen LogP contribution < -0.4 is 10.6 Å². The van der Waals surface area contributed by atoms with Crippen molar-refractivity contribution < 1.29 is 23.9 Å². The van der Waals surface area contributed by atoms with Crippen LogP contribution in [0.2, 0.25) is 0 Å². The Labute approximate surface area is 255 Å². The summed E-state index contributed by atoms with van der Waals surface area (Å²) in [6.07, 6.45) is -0.885. The fourth-order valence-corrected chi connectivity index (χ4v) is 4.78. The van der Waals surface area contributed by atoms with Gasteiger partial charge in [-0.15, -0.1) is 11.3 Å². The Morgan fingerprint density at radius 1 is 0.953 bits per heavy atom. The quantitative estimate of drug-likeness (QED) is 0.0862. The third-order valence-electron chi connectivity index (χ3n) is 6.09. The highest BCUT2D eigenvalue weighted by Crippen LogP contribution is 2.20. The van der Waals surface area contributed by atoms with Gasteiger partial charge < -0.3 is 25.0 Å². The second kappa shape index (κ2) is 16.8. The number of ether oxygens (including phenoxy) is 2. The SMILES string of the molecule is CC(C)(C)NC(=O)O[C@@H](CCCCNC(=O)OCc1ccccc1)C(=O)N(Cc1ccc(N=[N+]=[N-])cc1)Cc1cccs1. The molecule has 43 heavy (non-hydrogen) atoms. The Bertz CT molecular complexity index is 1350. The number of carbonyl (C=O) groups excluding carboxylic acids is 3. The van der Waals surface area contributed by atoms with E-state index >= 15 is 0 Å². The van der Waals surface area contributed by atoms with Crippen LogP contribution in [-0.2, 0) is 34.0 Å². The highest BCUT2D eigenvalue weighted by atomic mass is 32.1. The lowest BCUT2D eigenvalue weighted by Crippen LogP contribution is -2.46. The first-order chi connectivity index (χ1) is 20.6. The second-order valence-electron chi connectivity index (χ2n) is 10.9. The van der Waals surface area contributed by atoms with Crippen molar-refractivity contribution in [1.82, 2.24) is 15.5 Å². The fourth-order valence-electron chi connectivity index (χ4n) is 4.06. The normalized spacial score (nSPS) is 11.5. The number of hydrogen-bond donors (Lipinski definition) is 2. The number of azide groups is 1. The molecule has 11 nitrogen and oxygen atoms in total. The number of carbonyl (C=O) groups is 3. The third-order valence-corrected chi connectivity index (χ3v) is 6.95. The number of nitrogens with one attached hydrogen (secondary N) is 2. The topological polar surface area (TPSA) is 146 Å². The Kier molecular flexibility index (Phi) is 12.9. The van der Waals surface area contributed by atoms with Gasteiger partial charge in [0.15, 0.2) is 6.10 Å². The van der Waals surface area contributed by atoms with Crippen LogP contribution in [0.15, 0.2) is 77.2 Å². The predicted octanol–water partition coefficient (Wildman–Crippen LogP) is 7.21. The Morgan fingerprint density at radius 3 is 2.35 bits per heavy atom. The monoisotopic (exact) mass is 606 g/mol. The molecule has 3 amide bonds. The molecular formula is C31H38N6O5S. The molecular weight excluding hydrogens is 568 g/mol. The lowest BCUT2D eigenvalue weighted by atomic mass is 10.1. The van der Waals surface area contributed by atoms with E-state index in [1.54, 1.807) is 29.2 Å². The maximum atomic E-state index is 13.9. The third kappa shape index (κ3) is 12.5. The number of alkyl carbamates (subject to hydrolysis) is 2. The molecule has 0 fully saturated rings. The average Bonchev–Trinajstić information content (AvgIpc) is 3.48. The lowest BCUT2D eigenvalue weighted by molar-refractivity contribution is -0.142. The van der Waals surface area contributed by atoms with Gasteiger partial charge in [-0.1, -0.05) is 65.8 Å². The average molecular weight is 607 g/mol. The smallest absolute Gasteiger partial charge is 0.408 e. The van der Waals surface area contributed by atoms with Crippen molar-refractivity contribution in [1.29, 1.82) is 0 Å². The van der Waals surface area contributed by atoms with Gasteiger partial charge >= 0.3 is 12.2 Å². The van der Waals surface area contributed by atoms with Gasteiger partial charge in [-0.3, -0.25) is 4.79 Å². The highest BCUT2D eigenvalue weighted by Gasteiger charge is 2.29. The molecule has 2 N–H and O–H groups in total. The molecule has 0 saturated heterocycles. The van der Waals surface area contributed by atoms with Crippen LogP contribution in [0.1, 0.15) is 56.0 Å². The van der Waals surface area contributed by atoms with Crippen LogP contribution in [0.5, 0.6) is 0 Å². The largest absolute Gasteiger partial charge is 0.445 e. The summed E-state index contributed by atoms with van der Waals surface area (Å²) < 4.78 is 10.9. The van der Waals surface area contributed by atoms with Gasteiger partial charge in [0.2, 0.25) is 0 Å². The van der Waals surface area contributed by atoms with Gasteiger partial charge in [-0.25, -0.2) is 9.59 Å². The highest BCUT2D eigenvalue weighted by molar-refractivity contribution is 7.09. The fraction of sp³-hybridized carbons (Fsp3) is 0.387. The van der Waals surface area contributed by atoms with Gasteiger partial charge in [0.1, 0.15) is 6.61 Å². The minimum absolute atomic E-state index is 0.175. The summed E-state index contributed by atoms with van der Waals surface area (Å²) in [5.74, 6) is -0.327. The number of thiophene rings is 1. The molecule has 3 aromatic rings. The van der Waals surface area contributed by atoms with E-state index in [2.05, 4.69) is 20.7 Å². The van der Waals surface area contributed by atoms with Crippen LogP contribution >= 0.6 is 11.3 Å². The molecule has 0 aliphatic rings. The van der Waals surface area contributed by atoms with Crippen molar-refractivity contribution in [2.75, 3.05) is 6.54 Å². The first kappa shape index (κ1) is 33.0. The van der Waals surface area contributed by atoms with Crippen LogP contribution in [0.25, 0.3) is 10.4 Å². The zero-order valence-electron chi connectivity index (χ0n) is 24.7. The molecule has 0 bridgehead atoms. The maximum Gasteiger partial charge on any atom is 0.408 e. The summed E-state index contributed by atoms with van der Waals surface area (Å²) in [4.78, 5) is 44.1. The Morgan fingerprint density at radius 2 is 1.70 bits per heavy atom. The Balaban J connectivity index is 1.64. The summed E-state index contributed by atoms with van der Waals surface area (Å²) in [6, 6.07) is 20.2. The molecule has 3 rings (SSSR count). The molecule has 0 aliphatic heterocycles. The number of amides is 3. The maximum absolute atomic E-state index is 13.9. The number of rotatable bonds is 14. The van der Waals surface area contributed by atoms with E-state index in [1.165, 1.54) is 11.3 Å². The van der Waals surface area contributed by atoms with E-state index in [-0.39, 0.29) is 25.5 Å². The van der Waals surface area contributed by atoms with E-state index in [4.69, 9.17) is 15.0 Å². The summed E-state index contributed by atoms with van der Waals surface area (Å²) >= 11 is 1.53. The van der Waals surface area contributed by atoms with Gasteiger partial charge in [0.05, 0.1) is 6.54 Å². The van der Waals surface area contributed by atoms with Crippen LogP contribution in [0, 0.1) is 0 Å². The van der Waals surface area contributed by atoms with Crippen molar-refractivity contribution >= 4 is 35.1 Å². The first-order valence-electron chi connectivity index (χ1n) is 14.0. The molecule has 0 spiro atoms. The summed E-state index contributed by atoms with van der Waals surface area (Å²) in [5.41, 5.74) is 10.3. The van der Waals surface area contributed by atoms with Gasteiger partial charge in [0.25, 0.3) is 5.91 Å². The summed E-state index contributed by atoms with van der Waals surface area (Å²) in [6.45, 7) is 6.62. The Hall–Kier alpha value is -4.54. The number of nitrogens with zero attached hydrogens (tertiary/aromatic N) is 4. The molecule has 12 heteroatoms. The minimum atomic E-state index is -1.03. The molecule has 1 atom stereocenters. The first-order valence-corrected chi connectivity index (χ1v) is 14.9. The second-order valence-corrected chi connectivity index (χ2v) is 11.9. The zero-order chi connectivity index (χ0) is 31.1. The van der Waals surface area contributed by atoms with Crippen molar-refractivity contribution in [2.24, 2.45) is 5.11 Å². The number of hydrogen-bond acceptors (Lipinski definition) is 7. The van der Waals surface area contributed by atoms with Crippen LogP contribution in [-0.4, -0.2) is 41.2 Å². The van der Waals surface area contributed by atoms with E-state index in [1.807, 2.05) is 68.6 Å². The molecule has 2 aromatic carbocycles. The standard InChI is InChI=1S/C31H38N6O5S/c1-31(2,3)34-30(40)42-27(13-7-8-18-33-29(39)41-22-24-10-5-4-6-11-24)28(38)37(21-26-12-9-19-43-26)20-23-14-16-25(17-15-23)35-36-32/h4-6,9-12,14-17,19,27H,7-8,13,18,20-22H2,1-3H3,(H,33,39)(H,34,40)/t27-/m0/s1. The molecule has 0 radical (unpaired) electrons. The lowest BCUT2D eigenvalue weighted by Gasteiger charge is -2.28. The zero-order valence-corrected chi connectivity index (χ0v) is 25.5. The van der Waals surface area contributed by atoms with Crippen molar-refractivity contribution in [3.05, 3.63) is 98.6 Å². The van der Waals surface area contributed by atoms with Crippen molar-refractivity contribution in [3.8, 4) is 0 Å². The minimum Gasteiger partial charge on any atom is -0.445 e. The number of unbranched alkanes of at least 4 members (excludes halogenated alkanes) is 1. The van der Waals surface area contributed by atoms with E-state index in [0.717, 1.165) is 16.0 Å². The van der Waals surface area contributed by atoms with E-state index in [0.29, 0.717) is 31.6 Å². The molecule has 1 heterocycles. The van der Waals surface area contributed by atoms with Crippen LogP contribution in [0.3, 0.4) is 0 Å². The molecule has 228 valence electrons. The summed E-state index contributed by atoms with van der Waals surface area (Å²) in [7, 11) is 0. The van der Waals surface area contributed by atoms with E-state index < -0.39 is 23.8 Å². The summed E-state index contributed by atoms with van der Waals surface area (Å²) in [5, 5.41) is 11.0. The molecule has 0 saturated carbocycles. The van der Waals surface area contributed by atoms with Gasteiger partial charge in [-0.05, 0) is 68.1 Å². The predicted molar refractivity (Wildman–Crippen MR) is 165 cm³/mol. The molecule has 0 unspecified atom stereocenters. The van der Waals surface area contributed by atoms with Gasteiger partial charge in [0, 0.05) is 34.1 Å².